The van der Waals surface area contributed by atoms with Crippen molar-refractivity contribution in [2.45, 2.75) is 17.4 Å². The third-order valence-corrected chi connectivity index (χ3v) is 4.55. The molecule has 0 saturated heterocycles. The Kier molecular flexibility index (Phi) is 4.95. The summed E-state index contributed by atoms with van der Waals surface area (Å²) in [4.78, 5) is 0.161. The minimum absolute atomic E-state index is 0.143. The number of hydrogen-bond acceptors (Lipinski definition) is 4. The molecule has 6 heteroatoms. The summed E-state index contributed by atoms with van der Waals surface area (Å²) in [6.45, 7) is -0.313. The van der Waals surface area contributed by atoms with Crippen LogP contribution in [0.1, 0.15) is 5.56 Å². The van der Waals surface area contributed by atoms with E-state index in [4.69, 9.17) is 0 Å². The molecule has 2 aromatic rings. The molecule has 21 heavy (non-hydrogen) atoms. The van der Waals surface area contributed by atoms with Crippen molar-refractivity contribution in [2.75, 3.05) is 6.61 Å². The summed E-state index contributed by atoms with van der Waals surface area (Å²) in [5.41, 5.74) is 0.822. The highest BCUT2D eigenvalue weighted by Gasteiger charge is 2.19. The molecule has 112 valence electrons. The normalized spacial score (nSPS) is 13.0. The molecule has 0 spiro atoms. The molecule has 0 aromatic heterocycles. The summed E-state index contributed by atoms with van der Waals surface area (Å²) in [6.07, 6.45) is 0.336. The monoisotopic (exact) mass is 307 g/mol. The number of benzene rings is 2. The highest BCUT2D eigenvalue weighted by Crippen LogP contribution is 2.13. The molecule has 2 aromatic carbocycles. The van der Waals surface area contributed by atoms with E-state index in [0.717, 1.165) is 5.56 Å². The lowest BCUT2D eigenvalue weighted by atomic mass is 10.1. The van der Waals surface area contributed by atoms with Gasteiger partial charge in [0.15, 0.2) is 0 Å². The Morgan fingerprint density at radius 1 is 1.00 bits per heavy atom. The van der Waals surface area contributed by atoms with Gasteiger partial charge in [0, 0.05) is 6.04 Å². The van der Waals surface area contributed by atoms with E-state index in [-0.39, 0.29) is 17.3 Å². The first-order valence-corrected chi connectivity index (χ1v) is 7.96. The maximum atomic E-state index is 12.2. The maximum Gasteiger partial charge on any atom is 0.240 e. The van der Waals surface area contributed by atoms with Gasteiger partial charge in [-0.1, -0.05) is 30.3 Å². The van der Waals surface area contributed by atoms with Crippen molar-refractivity contribution < 1.29 is 18.6 Å². The highest BCUT2D eigenvalue weighted by atomic mass is 32.2. The summed E-state index contributed by atoms with van der Waals surface area (Å²) in [6, 6.07) is 13.8. The van der Waals surface area contributed by atoms with Gasteiger partial charge in [0.05, 0.1) is 11.5 Å². The van der Waals surface area contributed by atoms with Gasteiger partial charge in [0.1, 0.15) is 5.75 Å². The highest BCUT2D eigenvalue weighted by molar-refractivity contribution is 7.89. The zero-order chi connectivity index (χ0) is 15.3. The third kappa shape index (κ3) is 4.29. The topological polar surface area (TPSA) is 86.6 Å². The molecule has 0 amide bonds. The van der Waals surface area contributed by atoms with Gasteiger partial charge in [-0.05, 0) is 36.2 Å². The largest absolute Gasteiger partial charge is 0.508 e. The average Bonchev–Trinajstić information content (AvgIpc) is 2.49. The first-order chi connectivity index (χ1) is 10.0. The summed E-state index contributed by atoms with van der Waals surface area (Å²) in [7, 11) is -3.66. The summed E-state index contributed by atoms with van der Waals surface area (Å²) < 4.78 is 26.8. The van der Waals surface area contributed by atoms with Crippen LogP contribution in [0.25, 0.3) is 0 Å². The van der Waals surface area contributed by atoms with Crippen molar-refractivity contribution in [1.29, 1.82) is 0 Å². The van der Waals surface area contributed by atoms with Crippen molar-refractivity contribution in [3.8, 4) is 5.75 Å². The Labute approximate surface area is 123 Å². The molecular formula is C15H17NO4S. The molecule has 0 bridgehead atoms. The van der Waals surface area contributed by atoms with Crippen molar-refractivity contribution in [2.24, 2.45) is 0 Å². The molecule has 0 unspecified atom stereocenters. The van der Waals surface area contributed by atoms with E-state index in [0.29, 0.717) is 6.42 Å². The fourth-order valence-corrected chi connectivity index (χ4v) is 3.20. The average molecular weight is 307 g/mol. The van der Waals surface area contributed by atoms with Crippen LogP contribution in [0.15, 0.2) is 59.5 Å². The zero-order valence-corrected chi connectivity index (χ0v) is 12.1. The van der Waals surface area contributed by atoms with Crippen LogP contribution in [0.3, 0.4) is 0 Å². The van der Waals surface area contributed by atoms with Gasteiger partial charge >= 0.3 is 0 Å². The lowest BCUT2D eigenvalue weighted by molar-refractivity contribution is 0.256. The predicted molar refractivity (Wildman–Crippen MR) is 79.4 cm³/mol. The molecular weight excluding hydrogens is 290 g/mol. The van der Waals surface area contributed by atoms with Crippen molar-refractivity contribution >= 4 is 10.0 Å². The second-order valence-corrected chi connectivity index (χ2v) is 6.40. The van der Waals surface area contributed by atoms with Crippen molar-refractivity contribution in [3.63, 3.8) is 0 Å². The van der Waals surface area contributed by atoms with E-state index in [1.807, 2.05) is 0 Å². The molecule has 0 aliphatic heterocycles. The summed E-state index contributed by atoms with van der Waals surface area (Å²) in [5.74, 6) is 0.143. The van der Waals surface area contributed by atoms with Crippen LogP contribution in [-0.2, 0) is 16.4 Å². The number of phenols is 1. The fourth-order valence-electron chi connectivity index (χ4n) is 1.95. The minimum atomic E-state index is -3.66. The van der Waals surface area contributed by atoms with Crippen molar-refractivity contribution in [1.82, 2.24) is 4.72 Å². The number of aliphatic hydroxyl groups is 1. The first-order valence-electron chi connectivity index (χ1n) is 6.47. The Morgan fingerprint density at radius 3 is 2.19 bits per heavy atom. The smallest absolute Gasteiger partial charge is 0.240 e. The molecule has 1 atom stereocenters. The van der Waals surface area contributed by atoms with Crippen LogP contribution in [0.5, 0.6) is 5.75 Å². The van der Waals surface area contributed by atoms with Crippen molar-refractivity contribution in [3.05, 3.63) is 60.2 Å². The van der Waals surface area contributed by atoms with Gasteiger partial charge in [-0.2, -0.15) is 0 Å². The summed E-state index contributed by atoms with van der Waals surface area (Å²) in [5, 5.41) is 18.6. The Balaban J connectivity index is 2.10. The van der Waals surface area contributed by atoms with Crippen LogP contribution in [-0.4, -0.2) is 31.3 Å². The van der Waals surface area contributed by atoms with Crippen LogP contribution in [0, 0.1) is 0 Å². The molecule has 0 heterocycles. The zero-order valence-electron chi connectivity index (χ0n) is 11.3. The number of hydrogen-bond donors (Lipinski definition) is 3. The SMILES string of the molecule is O=S(=O)(N[C@H](CO)Cc1ccc(O)cc1)c1ccccc1. The number of phenolic OH excluding ortho intramolecular Hbond substituents is 1. The standard InChI is InChI=1S/C15H17NO4S/c17-11-13(10-12-6-8-14(18)9-7-12)16-21(19,20)15-4-2-1-3-5-15/h1-9,13,16-18H,10-11H2/t13-/m0/s1. The van der Waals surface area contributed by atoms with E-state index in [2.05, 4.69) is 4.72 Å². The molecule has 0 saturated carbocycles. The van der Waals surface area contributed by atoms with Crippen LogP contribution in [0.2, 0.25) is 0 Å². The number of rotatable bonds is 6. The minimum Gasteiger partial charge on any atom is -0.508 e. The van der Waals surface area contributed by atoms with Crippen LogP contribution in [0.4, 0.5) is 0 Å². The van der Waals surface area contributed by atoms with Gasteiger partial charge in [-0.3, -0.25) is 0 Å². The maximum absolute atomic E-state index is 12.2. The van der Waals surface area contributed by atoms with Gasteiger partial charge in [0.25, 0.3) is 0 Å². The summed E-state index contributed by atoms with van der Waals surface area (Å²) >= 11 is 0. The first kappa shape index (κ1) is 15.5. The number of aromatic hydroxyl groups is 1. The third-order valence-electron chi connectivity index (χ3n) is 3.01. The molecule has 0 fully saturated rings. The van der Waals surface area contributed by atoms with Gasteiger partial charge < -0.3 is 10.2 Å². The predicted octanol–water partition coefficient (Wildman–Crippen LogP) is 1.27. The van der Waals surface area contributed by atoms with Crippen LogP contribution < -0.4 is 4.72 Å². The molecule has 0 radical (unpaired) electrons. The quantitative estimate of drug-likeness (QED) is 0.750. The second-order valence-electron chi connectivity index (χ2n) is 4.68. The van der Waals surface area contributed by atoms with Gasteiger partial charge in [-0.15, -0.1) is 0 Å². The number of nitrogens with one attached hydrogen (secondary N) is 1. The molecule has 3 N–H and O–H groups in total. The molecule has 5 nitrogen and oxygen atoms in total. The lowest BCUT2D eigenvalue weighted by Gasteiger charge is -2.16. The number of aliphatic hydroxyl groups excluding tert-OH is 1. The van der Waals surface area contributed by atoms with Gasteiger partial charge in [-0.25, -0.2) is 13.1 Å². The Morgan fingerprint density at radius 2 is 1.62 bits per heavy atom. The van der Waals surface area contributed by atoms with Gasteiger partial charge in [0.2, 0.25) is 10.0 Å². The van der Waals surface area contributed by atoms with E-state index in [1.165, 1.54) is 24.3 Å². The Hall–Kier alpha value is -1.89. The van der Waals surface area contributed by atoms with E-state index >= 15 is 0 Å². The van der Waals surface area contributed by atoms with E-state index in [9.17, 15) is 18.6 Å². The fraction of sp³-hybridized carbons (Fsp3) is 0.200. The van der Waals surface area contributed by atoms with E-state index in [1.54, 1.807) is 30.3 Å². The van der Waals surface area contributed by atoms with Crippen LogP contribution >= 0.6 is 0 Å². The van der Waals surface area contributed by atoms with E-state index < -0.39 is 16.1 Å². The number of sulfonamides is 1. The molecule has 2 rings (SSSR count). The lowest BCUT2D eigenvalue weighted by Crippen LogP contribution is -2.39. The second kappa shape index (κ2) is 6.71. The Bertz CT molecular complexity index is 669. The molecule has 0 aliphatic rings. The molecule has 0 aliphatic carbocycles.